The summed E-state index contributed by atoms with van der Waals surface area (Å²) in [6.07, 6.45) is 3.25. The average Bonchev–Trinajstić information content (AvgIpc) is 2.19. The van der Waals surface area contributed by atoms with Crippen molar-refractivity contribution in [2.45, 2.75) is 6.61 Å². The summed E-state index contributed by atoms with van der Waals surface area (Å²) in [5, 5.41) is 7.88. The third-order valence-electron chi connectivity index (χ3n) is 0.756. The van der Waals surface area contributed by atoms with Crippen LogP contribution in [-0.4, -0.2) is 15.2 Å². The molecular weight excluding hydrogens is 108 g/mol. The van der Waals surface area contributed by atoms with Gasteiger partial charge < -0.3 is 4.98 Å². The maximum Gasteiger partial charge on any atom is 0.140 e. The summed E-state index contributed by atoms with van der Waals surface area (Å²) in [4.78, 5) is 10.3. The summed E-state index contributed by atoms with van der Waals surface area (Å²) < 4.78 is 0. The Morgan fingerprint density at radius 2 is 2.75 bits per heavy atom. The second kappa shape index (κ2) is 2.44. The summed E-state index contributed by atoms with van der Waals surface area (Å²) in [6, 6.07) is 0. The third-order valence-corrected chi connectivity index (χ3v) is 0.756. The number of aromatic nitrogens is 2. The molecule has 1 aromatic heterocycles. The first kappa shape index (κ1) is 5.27. The Morgan fingerprint density at radius 3 is 3.25 bits per heavy atom. The van der Waals surface area contributed by atoms with Gasteiger partial charge in [-0.2, -0.15) is 0 Å². The number of imidazole rings is 1. The van der Waals surface area contributed by atoms with Crippen LogP contribution in [0.5, 0.6) is 0 Å². The van der Waals surface area contributed by atoms with Gasteiger partial charge in [0.15, 0.2) is 0 Å². The summed E-state index contributed by atoms with van der Waals surface area (Å²) in [5.41, 5.74) is 0. The van der Waals surface area contributed by atoms with Gasteiger partial charge in [0.2, 0.25) is 0 Å². The highest BCUT2D eigenvalue weighted by Gasteiger charge is 1.89. The molecule has 0 aliphatic rings. The van der Waals surface area contributed by atoms with Crippen LogP contribution in [0.2, 0.25) is 0 Å². The second-order valence-corrected chi connectivity index (χ2v) is 1.31. The van der Waals surface area contributed by atoms with Gasteiger partial charge in [-0.05, 0) is 0 Å². The molecule has 4 nitrogen and oxygen atoms in total. The highest BCUT2D eigenvalue weighted by molar-refractivity contribution is 4.83. The summed E-state index contributed by atoms with van der Waals surface area (Å²) in [5.74, 6) is 0.618. The van der Waals surface area contributed by atoms with Crippen LogP contribution in [0, 0.1) is 0 Å². The van der Waals surface area contributed by atoms with Crippen molar-refractivity contribution in [1.29, 1.82) is 0 Å². The molecule has 0 saturated heterocycles. The van der Waals surface area contributed by atoms with E-state index in [0.29, 0.717) is 5.82 Å². The van der Waals surface area contributed by atoms with Crippen molar-refractivity contribution in [3.8, 4) is 0 Å². The molecule has 0 amide bonds. The van der Waals surface area contributed by atoms with Crippen molar-refractivity contribution in [2.75, 3.05) is 0 Å². The van der Waals surface area contributed by atoms with Gasteiger partial charge in [0, 0.05) is 12.4 Å². The maximum atomic E-state index is 7.88. The Morgan fingerprint density at radius 1 is 1.88 bits per heavy atom. The number of hydrogen-bond donors (Lipinski definition) is 2. The zero-order chi connectivity index (χ0) is 5.82. The fourth-order valence-electron chi connectivity index (χ4n) is 0.438. The molecule has 0 aromatic carbocycles. The van der Waals surface area contributed by atoms with Gasteiger partial charge in [0.25, 0.3) is 0 Å². The lowest BCUT2D eigenvalue weighted by Gasteiger charge is -1.86. The van der Waals surface area contributed by atoms with E-state index in [1.165, 1.54) is 0 Å². The van der Waals surface area contributed by atoms with E-state index >= 15 is 0 Å². The number of nitrogens with one attached hydrogen (secondary N) is 1. The van der Waals surface area contributed by atoms with Gasteiger partial charge in [-0.25, -0.2) is 9.87 Å². The molecule has 0 spiro atoms. The van der Waals surface area contributed by atoms with Crippen LogP contribution in [0.3, 0.4) is 0 Å². The van der Waals surface area contributed by atoms with E-state index in [-0.39, 0.29) is 6.61 Å². The Balaban J connectivity index is 2.50. The number of hydrogen-bond acceptors (Lipinski definition) is 3. The number of aromatic amines is 1. The van der Waals surface area contributed by atoms with E-state index in [4.69, 9.17) is 5.26 Å². The highest BCUT2D eigenvalue weighted by atomic mass is 17.1. The molecule has 2 N–H and O–H groups in total. The van der Waals surface area contributed by atoms with Crippen LogP contribution in [0.15, 0.2) is 12.4 Å². The van der Waals surface area contributed by atoms with Crippen LogP contribution < -0.4 is 0 Å². The van der Waals surface area contributed by atoms with Crippen LogP contribution in [0.1, 0.15) is 5.82 Å². The zero-order valence-electron chi connectivity index (χ0n) is 4.16. The predicted molar refractivity (Wildman–Crippen MR) is 26.0 cm³/mol. The quantitative estimate of drug-likeness (QED) is 0.432. The summed E-state index contributed by atoms with van der Waals surface area (Å²) in [7, 11) is 0. The van der Waals surface area contributed by atoms with Crippen LogP contribution in [-0.2, 0) is 11.5 Å². The van der Waals surface area contributed by atoms with Crippen molar-refractivity contribution >= 4 is 0 Å². The van der Waals surface area contributed by atoms with Crippen LogP contribution in [0.25, 0.3) is 0 Å². The van der Waals surface area contributed by atoms with Crippen molar-refractivity contribution in [3.63, 3.8) is 0 Å². The third kappa shape index (κ3) is 1.05. The second-order valence-electron chi connectivity index (χ2n) is 1.31. The van der Waals surface area contributed by atoms with Crippen molar-refractivity contribution in [2.24, 2.45) is 0 Å². The highest BCUT2D eigenvalue weighted by Crippen LogP contribution is 1.87. The number of rotatable bonds is 2. The SMILES string of the molecule is OOCc1ncc[nH]1. The molecule has 4 heteroatoms. The fraction of sp³-hybridized carbons (Fsp3) is 0.250. The first-order chi connectivity index (χ1) is 3.93. The van der Waals surface area contributed by atoms with Gasteiger partial charge in [-0.3, -0.25) is 5.26 Å². The van der Waals surface area contributed by atoms with Crippen LogP contribution in [0.4, 0.5) is 0 Å². The monoisotopic (exact) mass is 114 g/mol. The minimum Gasteiger partial charge on any atom is -0.347 e. The van der Waals surface area contributed by atoms with Gasteiger partial charge in [-0.15, -0.1) is 0 Å². The first-order valence-electron chi connectivity index (χ1n) is 2.18. The Hall–Kier alpha value is -0.870. The normalized spacial score (nSPS) is 9.62. The molecule has 44 valence electrons. The maximum absolute atomic E-state index is 7.88. The van der Waals surface area contributed by atoms with Crippen LogP contribution >= 0.6 is 0 Å². The molecule has 8 heavy (non-hydrogen) atoms. The molecule has 0 aliphatic heterocycles. The fourth-order valence-corrected chi connectivity index (χ4v) is 0.438. The standard InChI is InChI=1S/C4H6N2O2/c7-8-3-4-5-1-2-6-4/h1-2,7H,3H2,(H,5,6). The van der Waals surface area contributed by atoms with E-state index in [0.717, 1.165) is 0 Å². The molecule has 0 saturated carbocycles. The molecule has 0 atom stereocenters. The molecular formula is C4H6N2O2. The van der Waals surface area contributed by atoms with Crippen molar-refractivity contribution < 1.29 is 10.1 Å². The number of H-pyrrole nitrogens is 1. The molecule has 1 rings (SSSR count). The molecule has 0 bridgehead atoms. The number of nitrogens with zero attached hydrogens (tertiary/aromatic N) is 1. The lowest BCUT2D eigenvalue weighted by atomic mass is 10.7. The Kier molecular flexibility index (Phi) is 1.61. The summed E-state index contributed by atoms with van der Waals surface area (Å²) in [6.45, 7) is 0.118. The lowest BCUT2D eigenvalue weighted by molar-refractivity contribution is -0.254. The van der Waals surface area contributed by atoms with E-state index < -0.39 is 0 Å². The van der Waals surface area contributed by atoms with E-state index in [1.54, 1.807) is 12.4 Å². The first-order valence-corrected chi connectivity index (χ1v) is 2.18. The van der Waals surface area contributed by atoms with Crippen molar-refractivity contribution in [1.82, 2.24) is 9.97 Å². The molecule has 0 aliphatic carbocycles. The van der Waals surface area contributed by atoms with Gasteiger partial charge in [0.05, 0.1) is 0 Å². The largest absolute Gasteiger partial charge is 0.347 e. The minimum absolute atomic E-state index is 0.118. The Labute approximate surface area is 46.1 Å². The van der Waals surface area contributed by atoms with Gasteiger partial charge in [0.1, 0.15) is 12.4 Å². The molecule has 0 radical (unpaired) electrons. The van der Waals surface area contributed by atoms with E-state index in [2.05, 4.69) is 14.9 Å². The predicted octanol–water partition coefficient (Wildman–Crippen LogP) is 0.399. The lowest BCUT2D eigenvalue weighted by Crippen LogP contribution is -1.88. The molecule has 1 aromatic rings. The summed E-state index contributed by atoms with van der Waals surface area (Å²) >= 11 is 0. The van der Waals surface area contributed by atoms with E-state index in [9.17, 15) is 0 Å². The molecule has 0 unspecified atom stereocenters. The van der Waals surface area contributed by atoms with E-state index in [1.807, 2.05) is 0 Å². The zero-order valence-corrected chi connectivity index (χ0v) is 4.16. The molecule has 0 fully saturated rings. The average molecular weight is 114 g/mol. The Bertz CT molecular complexity index is 138. The van der Waals surface area contributed by atoms with Gasteiger partial charge in [-0.1, -0.05) is 0 Å². The minimum atomic E-state index is 0.118. The molecule has 1 heterocycles. The van der Waals surface area contributed by atoms with Gasteiger partial charge >= 0.3 is 0 Å². The smallest absolute Gasteiger partial charge is 0.140 e. The van der Waals surface area contributed by atoms with Crippen molar-refractivity contribution in [3.05, 3.63) is 18.2 Å². The topological polar surface area (TPSA) is 58.1 Å².